The molecule has 4 nitrogen and oxygen atoms in total. The summed E-state index contributed by atoms with van der Waals surface area (Å²) in [5, 5.41) is 0. The van der Waals surface area contributed by atoms with Gasteiger partial charge in [0.15, 0.2) is 0 Å². The maximum absolute atomic E-state index is 13.2. The van der Waals surface area contributed by atoms with Crippen LogP contribution in [0.5, 0.6) is 0 Å². The summed E-state index contributed by atoms with van der Waals surface area (Å²) >= 11 is 0. The topological polar surface area (TPSA) is 72.2 Å². The third-order valence-corrected chi connectivity index (χ3v) is 3.51. The number of nitrogens with two attached hydrogens (primary N) is 1. The summed E-state index contributed by atoms with van der Waals surface area (Å²) in [6.45, 7) is 1.83. The van der Waals surface area contributed by atoms with E-state index in [1.54, 1.807) is 0 Å². The number of hydrogen-bond donors (Lipinski definition) is 2. The maximum atomic E-state index is 13.2. The molecule has 0 aliphatic heterocycles. The van der Waals surface area contributed by atoms with Crippen molar-refractivity contribution in [1.29, 1.82) is 0 Å². The van der Waals surface area contributed by atoms with Gasteiger partial charge in [-0.1, -0.05) is 6.07 Å². The van der Waals surface area contributed by atoms with Crippen molar-refractivity contribution < 1.29 is 12.8 Å². The van der Waals surface area contributed by atoms with Crippen molar-refractivity contribution in [3.8, 4) is 0 Å². The standard InChI is InChI=1S/C10H15FN2O2S/c1-8-9(11)4-2-5-10(8)13-16(14,15)7-3-6-12/h2,4-5,13H,3,6-7,12H2,1H3. The molecule has 1 aromatic carbocycles. The first-order valence-corrected chi connectivity index (χ1v) is 6.57. The summed E-state index contributed by atoms with van der Waals surface area (Å²) in [6, 6.07) is 4.27. The summed E-state index contributed by atoms with van der Waals surface area (Å²) in [5.74, 6) is -0.488. The van der Waals surface area contributed by atoms with Crippen LogP contribution in [0.2, 0.25) is 0 Å². The minimum absolute atomic E-state index is 0.0561. The Balaban J connectivity index is 2.84. The minimum Gasteiger partial charge on any atom is -0.330 e. The Morgan fingerprint density at radius 2 is 2.12 bits per heavy atom. The molecule has 0 radical (unpaired) electrons. The highest BCUT2D eigenvalue weighted by Gasteiger charge is 2.12. The molecule has 0 saturated carbocycles. The molecule has 0 aromatic heterocycles. The van der Waals surface area contributed by atoms with E-state index in [9.17, 15) is 12.8 Å². The first-order chi connectivity index (χ1) is 7.46. The lowest BCUT2D eigenvalue weighted by molar-refractivity contribution is 0.598. The Kier molecular flexibility index (Phi) is 4.26. The average molecular weight is 246 g/mol. The molecule has 0 saturated heterocycles. The summed E-state index contributed by atoms with van der Waals surface area (Å²) in [6.07, 6.45) is 0.379. The Hall–Kier alpha value is -1.14. The Bertz CT molecular complexity index is 460. The first kappa shape index (κ1) is 12.9. The lowest BCUT2D eigenvalue weighted by Crippen LogP contribution is -2.19. The predicted molar refractivity (Wildman–Crippen MR) is 62.2 cm³/mol. The van der Waals surface area contributed by atoms with Crippen LogP contribution in [-0.2, 0) is 10.0 Å². The van der Waals surface area contributed by atoms with Crippen molar-refractivity contribution in [2.75, 3.05) is 17.0 Å². The summed E-state index contributed by atoms with van der Waals surface area (Å²) in [5.41, 5.74) is 5.80. The van der Waals surface area contributed by atoms with Gasteiger partial charge in [0, 0.05) is 5.56 Å². The van der Waals surface area contributed by atoms with E-state index in [4.69, 9.17) is 5.73 Å². The molecule has 1 rings (SSSR count). The van der Waals surface area contributed by atoms with Crippen LogP contribution in [-0.4, -0.2) is 20.7 Å². The van der Waals surface area contributed by atoms with Crippen molar-refractivity contribution >= 4 is 15.7 Å². The second-order valence-corrected chi connectivity index (χ2v) is 5.32. The van der Waals surface area contributed by atoms with E-state index in [0.29, 0.717) is 18.5 Å². The molecular weight excluding hydrogens is 231 g/mol. The highest BCUT2D eigenvalue weighted by molar-refractivity contribution is 7.92. The lowest BCUT2D eigenvalue weighted by atomic mass is 10.2. The van der Waals surface area contributed by atoms with Crippen molar-refractivity contribution in [3.63, 3.8) is 0 Å². The highest BCUT2D eigenvalue weighted by atomic mass is 32.2. The van der Waals surface area contributed by atoms with E-state index in [1.807, 2.05) is 0 Å². The van der Waals surface area contributed by atoms with Crippen LogP contribution in [0.1, 0.15) is 12.0 Å². The molecule has 6 heteroatoms. The first-order valence-electron chi connectivity index (χ1n) is 4.92. The number of anilines is 1. The molecule has 0 aliphatic carbocycles. The number of nitrogens with one attached hydrogen (secondary N) is 1. The molecule has 0 bridgehead atoms. The molecule has 0 spiro atoms. The Labute approximate surface area is 94.7 Å². The fourth-order valence-corrected chi connectivity index (χ4v) is 2.41. The maximum Gasteiger partial charge on any atom is 0.232 e. The average Bonchev–Trinajstić information content (AvgIpc) is 2.22. The molecule has 16 heavy (non-hydrogen) atoms. The van der Waals surface area contributed by atoms with E-state index in [0.717, 1.165) is 0 Å². The van der Waals surface area contributed by atoms with Crippen molar-refractivity contribution in [3.05, 3.63) is 29.6 Å². The van der Waals surface area contributed by atoms with Crippen LogP contribution < -0.4 is 10.5 Å². The Morgan fingerprint density at radius 3 is 2.75 bits per heavy atom. The molecule has 0 fully saturated rings. The Morgan fingerprint density at radius 1 is 1.44 bits per heavy atom. The zero-order valence-corrected chi connectivity index (χ0v) is 9.85. The zero-order valence-electron chi connectivity index (χ0n) is 9.03. The fraction of sp³-hybridized carbons (Fsp3) is 0.400. The van der Waals surface area contributed by atoms with E-state index in [-0.39, 0.29) is 11.4 Å². The van der Waals surface area contributed by atoms with Gasteiger partial charge in [0.2, 0.25) is 10.0 Å². The van der Waals surface area contributed by atoms with Crippen molar-refractivity contribution in [1.82, 2.24) is 0 Å². The van der Waals surface area contributed by atoms with Gasteiger partial charge in [-0.2, -0.15) is 0 Å². The largest absolute Gasteiger partial charge is 0.330 e. The highest BCUT2D eigenvalue weighted by Crippen LogP contribution is 2.18. The van der Waals surface area contributed by atoms with Gasteiger partial charge in [-0.3, -0.25) is 4.72 Å². The second-order valence-electron chi connectivity index (χ2n) is 3.48. The van der Waals surface area contributed by atoms with Gasteiger partial charge >= 0.3 is 0 Å². The van der Waals surface area contributed by atoms with Gasteiger partial charge in [-0.15, -0.1) is 0 Å². The van der Waals surface area contributed by atoms with Crippen molar-refractivity contribution in [2.24, 2.45) is 5.73 Å². The van der Waals surface area contributed by atoms with E-state index in [1.165, 1.54) is 25.1 Å². The molecule has 3 N–H and O–H groups in total. The zero-order chi connectivity index (χ0) is 12.2. The molecule has 1 aromatic rings. The monoisotopic (exact) mass is 246 g/mol. The summed E-state index contributed by atoms with van der Waals surface area (Å²) < 4.78 is 38.6. The normalized spacial score (nSPS) is 11.4. The van der Waals surface area contributed by atoms with Crippen LogP contribution in [0, 0.1) is 12.7 Å². The quantitative estimate of drug-likeness (QED) is 0.820. The van der Waals surface area contributed by atoms with Gasteiger partial charge in [-0.25, -0.2) is 12.8 Å². The van der Waals surface area contributed by atoms with E-state index >= 15 is 0 Å². The molecule has 0 amide bonds. The number of hydrogen-bond acceptors (Lipinski definition) is 3. The van der Waals surface area contributed by atoms with Crippen molar-refractivity contribution in [2.45, 2.75) is 13.3 Å². The number of rotatable bonds is 5. The van der Waals surface area contributed by atoms with Crippen LogP contribution in [0.3, 0.4) is 0 Å². The van der Waals surface area contributed by atoms with Gasteiger partial charge in [-0.05, 0) is 32.0 Å². The number of sulfonamides is 1. The third kappa shape index (κ3) is 3.46. The molecule has 0 unspecified atom stereocenters. The second kappa shape index (κ2) is 5.27. The van der Waals surface area contributed by atoms with Crippen LogP contribution in [0.25, 0.3) is 0 Å². The van der Waals surface area contributed by atoms with Crippen LogP contribution in [0.15, 0.2) is 18.2 Å². The van der Waals surface area contributed by atoms with Gasteiger partial charge < -0.3 is 5.73 Å². The minimum atomic E-state index is -3.43. The number of halogens is 1. The van der Waals surface area contributed by atoms with Crippen LogP contribution in [0.4, 0.5) is 10.1 Å². The summed E-state index contributed by atoms with van der Waals surface area (Å²) in [4.78, 5) is 0. The molecule has 0 atom stereocenters. The van der Waals surface area contributed by atoms with Crippen LogP contribution >= 0.6 is 0 Å². The lowest BCUT2D eigenvalue weighted by Gasteiger charge is -2.10. The molecule has 90 valence electrons. The van der Waals surface area contributed by atoms with Gasteiger partial charge in [0.25, 0.3) is 0 Å². The van der Waals surface area contributed by atoms with E-state index < -0.39 is 15.8 Å². The SMILES string of the molecule is Cc1c(F)cccc1NS(=O)(=O)CCCN. The predicted octanol–water partition coefficient (Wildman–Crippen LogP) is 1.22. The molecule has 0 heterocycles. The van der Waals surface area contributed by atoms with E-state index in [2.05, 4.69) is 4.72 Å². The van der Waals surface area contributed by atoms with Gasteiger partial charge in [0.1, 0.15) is 5.82 Å². The fourth-order valence-electron chi connectivity index (χ4n) is 1.21. The third-order valence-electron chi connectivity index (χ3n) is 2.15. The molecule has 0 aliphatic rings. The smallest absolute Gasteiger partial charge is 0.232 e. The van der Waals surface area contributed by atoms with Gasteiger partial charge in [0.05, 0.1) is 11.4 Å². The number of benzene rings is 1. The molecular formula is C10H15FN2O2S. The summed E-state index contributed by atoms with van der Waals surface area (Å²) in [7, 11) is -3.43.